The Hall–Kier alpha value is -3.79. The number of benzene rings is 2. The predicted octanol–water partition coefficient (Wildman–Crippen LogP) is 3.69. The fourth-order valence-corrected chi connectivity index (χ4v) is 3.77. The second kappa shape index (κ2) is 7.47. The van der Waals surface area contributed by atoms with Crippen molar-refractivity contribution in [2.24, 2.45) is 0 Å². The van der Waals surface area contributed by atoms with E-state index >= 15 is 0 Å². The zero-order chi connectivity index (χ0) is 22.3. The maximum Gasteiger partial charge on any atom is 0.229 e. The summed E-state index contributed by atoms with van der Waals surface area (Å²) >= 11 is 0. The van der Waals surface area contributed by atoms with E-state index in [1.54, 1.807) is 36.5 Å². The van der Waals surface area contributed by atoms with Crippen LogP contribution in [0.5, 0.6) is 0 Å². The van der Waals surface area contributed by atoms with Gasteiger partial charge in [0.1, 0.15) is 11.5 Å². The molecule has 4 rings (SSSR count). The Bertz CT molecular complexity index is 1430. The Morgan fingerprint density at radius 1 is 1.10 bits per heavy atom. The fourth-order valence-electron chi connectivity index (χ4n) is 3.21. The Labute approximate surface area is 176 Å². The van der Waals surface area contributed by atoms with Gasteiger partial charge in [-0.15, -0.1) is 0 Å². The second-order valence-electron chi connectivity index (χ2n) is 6.93. The molecule has 0 fully saturated rings. The highest BCUT2D eigenvalue weighted by molar-refractivity contribution is 7.92. The van der Waals surface area contributed by atoms with Gasteiger partial charge in [0.2, 0.25) is 15.8 Å². The number of rotatable bonds is 5. The number of ketones is 1. The number of aromatic nitrogens is 2. The molecule has 0 bridgehead atoms. The average molecular weight is 442 g/mol. The van der Waals surface area contributed by atoms with Gasteiger partial charge in [-0.3, -0.25) is 9.52 Å². The van der Waals surface area contributed by atoms with Crippen molar-refractivity contribution in [3.63, 3.8) is 0 Å². The van der Waals surface area contributed by atoms with Crippen molar-refractivity contribution in [2.75, 3.05) is 16.7 Å². The molecule has 2 aromatic heterocycles. The van der Waals surface area contributed by atoms with Crippen molar-refractivity contribution in [3.8, 4) is 11.1 Å². The van der Waals surface area contributed by atoms with Crippen LogP contribution >= 0.6 is 0 Å². The normalized spacial score (nSPS) is 11.6. The molecule has 0 aliphatic rings. The molecule has 0 amide bonds. The lowest BCUT2D eigenvalue weighted by Crippen LogP contribution is -2.09. The zero-order valence-corrected chi connectivity index (χ0v) is 16.9. The van der Waals surface area contributed by atoms with E-state index in [2.05, 4.69) is 14.7 Å². The molecular formula is C21H16F2N4O3S. The third-order valence-corrected chi connectivity index (χ3v) is 5.25. The second-order valence-corrected chi connectivity index (χ2v) is 8.68. The molecule has 4 aromatic rings. The van der Waals surface area contributed by atoms with Gasteiger partial charge in [0, 0.05) is 34.6 Å². The molecule has 2 aromatic carbocycles. The van der Waals surface area contributed by atoms with Gasteiger partial charge in [0.05, 0.1) is 17.5 Å². The van der Waals surface area contributed by atoms with Crippen LogP contribution in [-0.4, -0.2) is 30.4 Å². The summed E-state index contributed by atoms with van der Waals surface area (Å²) < 4.78 is 53.6. The number of halogens is 2. The van der Waals surface area contributed by atoms with Crippen molar-refractivity contribution in [1.29, 1.82) is 0 Å². The van der Waals surface area contributed by atoms with Crippen LogP contribution in [0.25, 0.3) is 22.2 Å². The molecule has 10 heteroatoms. The number of carbonyl (C=O) groups excluding carboxylic acids is 1. The highest BCUT2D eigenvalue weighted by Gasteiger charge is 2.24. The van der Waals surface area contributed by atoms with E-state index in [9.17, 15) is 22.0 Å². The van der Waals surface area contributed by atoms with E-state index < -0.39 is 33.0 Å². The molecule has 0 radical (unpaired) electrons. The Morgan fingerprint density at radius 3 is 2.48 bits per heavy atom. The molecule has 0 saturated heterocycles. The number of nitrogens with zero attached hydrogens (tertiary/aromatic N) is 1. The summed E-state index contributed by atoms with van der Waals surface area (Å²) in [5.41, 5.74) is 6.56. The van der Waals surface area contributed by atoms with Gasteiger partial charge in [-0.05, 0) is 35.9 Å². The van der Waals surface area contributed by atoms with Crippen LogP contribution in [0.3, 0.4) is 0 Å². The number of nitrogen functional groups attached to an aromatic ring is 1. The Balaban J connectivity index is 1.75. The van der Waals surface area contributed by atoms with E-state index in [0.29, 0.717) is 27.8 Å². The molecule has 2 heterocycles. The minimum absolute atomic E-state index is 0.0445. The quantitative estimate of drug-likeness (QED) is 0.322. The standard InChI is InChI=1S/C21H16F2N4O3S/c1-31(29,30)27-13-4-2-11(3-5-13)12-8-14-15(10-26-21(14)25-9-12)20(28)18-16(22)6-7-17(24)19(18)23/h2-10,27H,24H2,1H3,(H,25,26). The number of nitrogens with two attached hydrogens (primary N) is 1. The van der Waals surface area contributed by atoms with Gasteiger partial charge in [-0.25, -0.2) is 22.2 Å². The Morgan fingerprint density at radius 2 is 1.81 bits per heavy atom. The van der Waals surface area contributed by atoms with Crippen LogP contribution in [0.1, 0.15) is 15.9 Å². The van der Waals surface area contributed by atoms with Crippen LogP contribution < -0.4 is 10.5 Å². The first-order valence-corrected chi connectivity index (χ1v) is 10.9. The zero-order valence-electron chi connectivity index (χ0n) is 16.1. The average Bonchev–Trinajstić information content (AvgIpc) is 3.13. The summed E-state index contributed by atoms with van der Waals surface area (Å²) in [6, 6.07) is 10.2. The van der Waals surface area contributed by atoms with Crippen LogP contribution in [0.15, 0.2) is 54.9 Å². The van der Waals surface area contributed by atoms with Crippen LogP contribution in [0.2, 0.25) is 0 Å². The lowest BCUT2D eigenvalue weighted by Gasteiger charge is -2.07. The number of pyridine rings is 1. The molecule has 31 heavy (non-hydrogen) atoms. The summed E-state index contributed by atoms with van der Waals surface area (Å²) in [5, 5.41) is 0.377. The number of H-pyrrole nitrogens is 1. The van der Waals surface area contributed by atoms with Crippen LogP contribution in [0.4, 0.5) is 20.2 Å². The minimum atomic E-state index is -3.40. The smallest absolute Gasteiger partial charge is 0.229 e. The Kier molecular flexibility index (Phi) is 4.94. The lowest BCUT2D eigenvalue weighted by atomic mass is 10.00. The highest BCUT2D eigenvalue weighted by Crippen LogP contribution is 2.29. The number of anilines is 2. The first-order chi connectivity index (χ1) is 14.6. The number of fused-ring (bicyclic) bond motifs is 1. The van der Waals surface area contributed by atoms with E-state index in [4.69, 9.17) is 5.73 Å². The number of carbonyl (C=O) groups is 1. The van der Waals surface area contributed by atoms with Crippen LogP contribution in [0, 0.1) is 11.6 Å². The summed E-state index contributed by atoms with van der Waals surface area (Å²) in [6.45, 7) is 0. The SMILES string of the molecule is CS(=O)(=O)Nc1ccc(-c2cnc3[nH]cc(C(=O)c4c(F)ccc(N)c4F)c3c2)cc1. The molecule has 0 aliphatic heterocycles. The van der Waals surface area contributed by atoms with Gasteiger partial charge < -0.3 is 10.7 Å². The highest BCUT2D eigenvalue weighted by atomic mass is 32.2. The molecular weight excluding hydrogens is 426 g/mol. The molecule has 7 nitrogen and oxygen atoms in total. The largest absolute Gasteiger partial charge is 0.396 e. The van der Waals surface area contributed by atoms with Gasteiger partial charge in [0.25, 0.3) is 0 Å². The topological polar surface area (TPSA) is 118 Å². The number of nitrogens with one attached hydrogen (secondary N) is 2. The van der Waals surface area contributed by atoms with Crippen molar-refractivity contribution < 1.29 is 22.0 Å². The van der Waals surface area contributed by atoms with Gasteiger partial charge in [0.15, 0.2) is 5.82 Å². The number of aromatic amines is 1. The minimum Gasteiger partial charge on any atom is -0.396 e. The maximum absolute atomic E-state index is 14.3. The fraction of sp³-hybridized carbons (Fsp3) is 0.0476. The molecule has 0 atom stereocenters. The van der Waals surface area contributed by atoms with Crippen molar-refractivity contribution in [2.45, 2.75) is 0 Å². The van der Waals surface area contributed by atoms with E-state index in [-0.39, 0.29) is 11.3 Å². The molecule has 4 N–H and O–H groups in total. The first-order valence-electron chi connectivity index (χ1n) is 8.97. The van der Waals surface area contributed by atoms with Crippen molar-refractivity contribution >= 4 is 38.2 Å². The van der Waals surface area contributed by atoms with Crippen molar-refractivity contribution in [3.05, 3.63) is 77.6 Å². The third-order valence-electron chi connectivity index (χ3n) is 4.65. The summed E-state index contributed by atoms with van der Waals surface area (Å²) in [4.78, 5) is 20.0. The van der Waals surface area contributed by atoms with Gasteiger partial charge >= 0.3 is 0 Å². The molecule has 0 saturated carbocycles. The molecule has 0 spiro atoms. The first kappa shape index (κ1) is 20.5. The number of sulfonamides is 1. The van der Waals surface area contributed by atoms with E-state index in [0.717, 1.165) is 18.4 Å². The monoisotopic (exact) mass is 442 g/mol. The summed E-state index contributed by atoms with van der Waals surface area (Å²) in [6.07, 6.45) is 3.95. The number of hydrogen-bond acceptors (Lipinski definition) is 5. The third kappa shape index (κ3) is 3.97. The van der Waals surface area contributed by atoms with E-state index in [1.165, 1.54) is 6.20 Å². The molecule has 158 valence electrons. The molecule has 0 unspecified atom stereocenters. The predicted molar refractivity (Wildman–Crippen MR) is 114 cm³/mol. The van der Waals surface area contributed by atoms with Crippen molar-refractivity contribution in [1.82, 2.24) is 9.97 Å². The summed E-state index contributed by atoms with van der Waals surface area (Å²) in [7, 11) is -3.40. The van der Waals surface area contributed by atoms with Crippen LogP contribution in [-0.2, 0) is 10.0 Å². The molecule has 0 aliphatic carbocycles. The van der Waals surface area contributed by atoms with Gasteiger partial charge in [-0.2, -0.15) is 0 Å². The van der Waals surface area contributed by atoms with Gasteiger partial charge in [-0.1, -0.05) is 12.1 Å². The number of hydrogen-bond donors (Lipinski definition) is 3. The lowest BCUT2D eigenvalue weighted by molar-refractivity contribution is 0.103. The van der Waals surface area contributed by atoms with E-state index in [1.807, 2.05) is 0 Å². The summed E-state index contributed by atoms with van der Waals surface area (Å²) in [5.74, 6) is -2.98. The maximum atomic E-state index is 14.3.